The van der Waals surface area contributed by atoms with Crippen LogP contribution < -0.4 is 10.6 Å². The Morgan fingerprint density at radius 3 is 2.59 bits per heavy atom. The van der Waals surface area contributed by atoms with Crippen molar-refractivity contribution in [3.05, 3.63) is 0 Å². The third-order valence-corrected chi connectivity index (χ3v) is 4.91. The summed E-state index contributed by atoms with van der Waals surface area (Å²) in [7, 11) is 2.03. The molecule has 0 aromatic heterocycles. The molecule has 0 aliphatic heterocycles. The summed E-state index contributed by atoms with van der Waals surface area (Å²) in [5, 5.41) is 6.92. The van der Waals surface area contributed by atoms with E-state index in [2.05, 4.69) is 17.6 Å². The van der Waals surface area contributed by atoms with E-state index in [4.69, 9.17) is 0 Å². The Morgan fingerprint density at radius 1 is 1.06 bits per heavy atom. The van der Waals surface area contributed by atoms with Crippen LogP contribution in [0.2, 0.25) is 0 Å². The summed E-state index contributed by atoms with van der Waals surface area (Å²) in [6.45, 7) is 4.60. The van der Waals surface area contributed by atoms with Crippen molar-refractivity contribution in [2.24, 2.45) is 17.8 Å². The third-order valence-electron chi connectivity index (χ3n) is 4.91. The molecule has 4 atom stereocenters. The van der Waals surface area contributed by atoms with Crippen LogP contribution in [-0.4, -0.2) is 26.2 Å². The first-order valence-corrected chi connectivity index (χ1v) is 7.67. The van der Waals surface area contributed by atoms with Gasteiger partial charge in [0.1, 0.15) is 0 Å². The molecule has 2 fully saturated rings. The second-order valence-electron chi connectivity index (χ2n) is 6.35. The van der Waals surface area contributed by atoms with Crippen molar-refractivity contribution in [1.29, 1.82) is 0 Å². The number of rotatable bonds is 5. The van der Waals surface area contributed by atoms with E-state index in [-0.39, 0.29) is 0 Å². The number of likely N-dealkylation sites (N-methyl/N-ethyl adjacent to an activating group) is 1. The average Bonchev–Trinajstić information content (AvgIpc) is 2.36. The zero-order valence-corrected chi connectivity index (χ0v) is 11.7. The van der Waals surface area contributed by atoms with Gasteiger partial charge in [-0.1, -0.05) is 25.7 Å². The lowest BCUT2D eigenvalue weighted by Crippen LogP contribution is -2.40. The van der Waals surface area contributed by atoms with Crippen LogP contribution in [0.15, 0.2) is 0 Å². The SMILES string of the molecule is CNCC(C)NCC1CCC2CCCCC2C1. The van der Waals surface area contributed by atoms with Crippen LogP contribution in [0.5, 0.6) is 0 Å². The summed E-state index contributed by atoms with van der Waals surface area (Å²) >= 11 is 0. The molecule has 0 heterocycles. The van der Waals surface area contributed by atoms with Gasteiger partial charge in [0.2, 0.25) is 0 Å². The standard InChI is InChI=1S/C15H30N2/c1-12(10-16-2)17-11-13-7-8-14-5-3-4-6-15(14)9-13/h12-17H,3-11H2,1-2H3. The fraction of sp³-hybridized carbons (Fsp3) is 1.00. The van der Waals surface area contributed by atoms with E-state index >= 15 is 0 Å². The lowest BCUT2D eigenvalue weighted by molar-refractivity contribution is 0.127. The molecule has 2 heteroatoms. The maximum Gasteiger partial charge on any atom is 0.0164 e. The van der Waals surface area contributed by atoms with E-state index in [1.807, 2.05) is 7.05 Å². The van der Waals surface area contributed by atoms with Crippen LogP contribution in [0.4, 0.5) is 0 Å². The van der Waals surface area contributed by atoms with Crippen molar-refractivity contribution >= 4 is 0 Å². The molecule has 2 saturated carbocycles. The Morgan fingerprint density at radius 2 is 1.82 bits per heavy atom. The highest BCUT2D eigenvalue weighted by molar-refractivity contribution is 4.84. The normalized spacial score (nSPS) is 35.3. The van der Waals surface area contributed by atoms with Crippen LogP contribution in [0.3, 0.4) is 0 Å². The fourth-order valence-corrected chi connectivity index (χ4v) is 3.90. The number of hydrogen-bond donors (Lipinski definition) is 2. The van der Waals surface area contributed by atoms with Crippen LogP contribution in [0, 0.1) is 17.8 Å². The molecule has 2 N–H and O–H groups in total. The predicted octanol–water partition coefficient (Wildman–Crippen LogP) is 2.79. The Bertz CT molecular complexity index is 217. The third kappa shape index (κ3) is 3.96. The van der Waals surface area contributed by atoms with Gasteiger partial charge in [0.25, 0.3) is 0 Å². The van der Waals surface area contributed by atoms with E-state index in [9.17, 15) is 0 Å². The van der Waals surface area contributed by atoms with Gasteiger partial charge in [0.05, 0.1) is 0 Å². The monoisotopic (exact) mass is 238 g/mol. The van der Waals surface area contributed by atoms with E-state index in [1.54, 1.807) is 0 Å². The molecule has 0 radical (unpaired) electrons. The summed E-state index contributed by atoms with van der Waals surface area (Å²) in [6.07, 6.45) is 10.5. The molecule has 0 saturated heterocycles. The average molecular weight is 238 g/mol. The van der Waals surface area contributed by atoms with Crippen molar-refractivity contribution < 1.29 is 0 Å². The van der Waals surface area contributed by atoms with Crippen LogP contribution in [0.1, 0.15) is 51.9 Å². The topological polar surface area (TPSA) is 24.1 Å². The van der Waals surface area contributed by atoms with Gasteiger partial charge in [0.15, 0.2) is 0 Å². The van der Waals surface area contributed by atoms with Gasteiger partial charge in [-0.3, -0.25) is 0 Å². The molecule has 0 aromatic rings. The van der Waals surface area contributed by atoms with Gasteiger partial charge >= 0.3 is 0 Å². The summed E-state index contributed by atoms with van der Waals surface area (Å²) in [5.41, 5.74) is 0. The second kappa shape index (κ2) is 6.75. The Kier molecular flexibility index (Phi) is 5.30. The largest absolute Gasteiger partial charge is 0.318 e. The number of fused-ring (bicyclic) bond motifs is 1. The number of hydrogen-bond acceptors (Lipinski definition) is 2. The summed E-state index contributed by atoms with van der Waals surface area (Å²) in [6, 6.07) is 0.615. The van der Waals surface area contributed by atoms with Gasteiger partial charge in [-0.25, -0.2) is 0 Å². The van der Waals surface area contributed by atoms with E-state index in [1.165, 1.54) is 51.5 Å². The summed E-state index contributed by atoms with van der Waals surface area (Å²) in [5.74, 6) is 3.12. The van der Waals surface area contributed by atoms with Gasteiger partial charge in [0, 0.05) is 12.6 Å². The Labute approximate surface area is 107 Å². The highest BCUT2D eigenvalue weighted by Gasteiger charge is 2.31. The lowest BCUT2D eigenvalue weighted by atomic mass is 9.67. The highest BCUT2D eigenvalue weighted by atomic mass is 15.0. The quantitative estimate of drug-likeness (QED) is 0.769. The number of nitrogens with one attached hydrogen (secondary N) is 2. The van der Waals surface area contributed by atoms with Crippen LogP contribution in [-0.2, 0) is 0 Å². The van der Waals surface area contributed by atoms with Crippen LogP contribution >= 0.6 is 0 Å². The summed E-state index contributed by atoms with van der Waals surface area (Å²) in [4.78, 5) is 0. The van der Waals surface area contributed by atoms with Gasteiger partial charge in [-0.15, -0.1) is 0 Å². The van der Waals surface area contributed by atoms with Gasteiger partial charge < -0.3 is 10.6 Å². The van der Waals surface area contributed by atoms with Crippen molar-refractivity contribution in [3.8, 4) is 0 Å². The zero-order chi connectivity index (χ0) is 12.1. The van der Waals surface area contributed by atoms with E-state index < -0.39 is 0 Å². The molecule has 2 nitrogen and oxygen atoms in total. The molecule has 0 bridgehead atoms. The van der Waals surface area contributed by atoms with Crippen molar-refractivity contribution in [1.82, 2.24) is 10.6 Å². The highest BCUT2D eigenvalue weighted by Crippen LogP contribution is 2.42. The molecular weight excluding hydrogens is 208 g/mol. The molecule has 2 aliphatic carbocycles. The molecular formula is C15H30N2. The van der Waals surface area contributed by atoms with E-state index in [0.717, 1.165) is 24.3 Å². The molecule has 17 heavy (non-hydrogen) atoms. The first-order valence-electron chi connectivity index (χ1n) is 7.67. The first kappa shape index (κ1) is 13.4. The second-order valence-corrected chi connectivity index (χ2v) is 6.35. The Hall–Kier alpha value is -0.0800. The van der Waals surface area contributed by atoms with Crippen LogP contribution in [0.25, 0.3) is 0 Å². The molecule has 0 spiro atoms. The first-order chi connectivity index (χ1) is 8.29. The van der Waals surface area contributed by atoms with Crippen molar-refractivity contribution in [2.75, 3.05) is 20.1 Å². The molecule has 0 aromatic carbocycles. The minimum absolute atomic E-state index is 0.615. The maximum absolute atomic E-state index is 3.69. The van der Waals surface area contributed by atoms with E-state index in [0.29, 0.717) is 6.04 Å². The minimum atomic E-state index is 0.615. The van der Waals surface area contributed by atoms with Gasteiger partial charge in [-0.05, 0) is 57.5 Å². The fourth-order valence-electron chi connectivity index (χ4n) is 3.90. The molecule has 0 amide bonds. The zero-order valence-electron chi connectivity index (χ0n) is 11.7. The predicted molar refractivity (Wildman–Crippen MR) is 74.2 cm³/mol. The molecule has 2 rings (SSSR count). The van der Waals surface area contributed by atoms with Crippen molar-refractivity contribution in [3.63, 3.8) is 0 Å². The lowest BCUT2D eigenvalue weighted by Gasteiger charge is -2.39. The smallest absolute Gasteiger partial charge is 0.0164 e. The molecule has 100 valence electrons. The minimum Gasteiger partial charge on any atom is -0.318 e. The Balaban J connectivity index is 1.68. The van der Waals surface area contributed by atoms with Crippen molar-refractivity contribution in [2.45, 2.75) is 57.9 Å². The van der Waals surface area contributed by atoms with Gasteiger partial charge in [-0.2, -0.15) is 0 Å². The molecule has 4 unspecified atom stereocenters. The maximum atomic E-state index is 3.69. The molecule has 2 aliphatic rings. The summed E-state index contributed by atoms with van der Waals surface area (Å²) < 4.78 is 0.